The minimum Gasteiger partial charge on any atom is -0.378 e. The van der Waals surface area contributed by atoms with Gasteiger partial charge in [-0.15, -0.1) is 0 Å². The van der Waals surface area contributed by atoms with Gasteiger partial charge in [0, 0.05) is 51.9 Å². The van der Waals surface area contributed by atoms with Crippen molar-refractivity contribution in [3.05, 3.63) is 23.3 Å². The number of sulfonamides is 1. The number of morpholine rings is 1. The summed E-state index contributed by atoms with van der Waals surface area (Å²) in [6.07, 6.45) is 0. The lowest BCUT2D eigenvalue weighted by Gasteiger charge is -2.35. The highest BCUT2D eigenvalue weighted by Crippen LogP contribution is 2.26. The van der Waals surface area contributed by atoms with Crippen LogP contribution in [0.25, 0.3) is 0 Å². The molecule has 170 valence electrons. The Balaban J connectivity index is 1.50. The van der Waals surface area contributed by atoms with E-state index in [0.29, 0.717) is 68.0 Å². The van der Waals surface area contributed by atoms with Gasteiger partial charge < -0.3 is 14.5 Å². The van der Waals surface area contributed by atoms with Gasteiger partial charge in [0.15, 0.2) is 0 Å². The van der Waals surface area contributed by atoms with Crippen molar-refractivity contribution in [2.24, 2.45) is 0 Å². The normalized spacial score (nSPS) is 18.6. The molecule has 2 saturated heterocycles. The van der Waals surface area contributed by atoms with Gasteiger partial charge in [-0.1, -0.05) is 0 Å². The average Bonchev–Trinajstić information content (AvgIpc) is 3.07. The molecule has 0 bridgehead atoms. The van der Waals surface area contributed by atoms with Crippen LogP contribution in [-0.4, -0.2) is 85.0 Å². The predicted octanol–water partition coefficient (Wildman–Crippen LogP) is 0.966. The molecule has 4 rings (SSSR count). The quantitative estimate of drug-likeness (QED) is 0.666. The molecule has 0 atom stereocenters. The molecule has 0 unspecified atom stereocenters. The average molecular weight is 450 g/mol. The second kappa shape index (κ2) is 8.71. The first-order valence-corrected chi connectivity index (χ1v) is 12.2. The number of piperazine rings is 1. The molecule has 10 nitrogen and oxygen atoms in total. The fourth-order valence-electron chi connectivity index (χ4n) is 4.30. The lowest BCUT2D eigenvalue weighted by molar-refractivity contribution is 0.122. The summed E-state index contributed by atoms with van der Waals surface area (Å²) >= 11 is 0. The van der Waals surface area contributed by atoms with Crippen molar-refractivity contribution >= 4 is 21.7 Å². The molecular weight excluding hydrogens is 418 g/mol. The minimum absolute atomic E-state index is 0.343. The van der Waals surface area contributed by atoms with Crippen molar-refractivity contribution in [1.29, 1.82) is 0 Å². The van der Waals surface area contributed by atoms with Crippen molar-refractivity contribution in [3.63, 3.8) is 0 Å². The summed E-state index contributed by atoms with van der Waals surface area (Å²) in [6.45, 7) is 13.1. The third kappa shape index (κ3) is 4.26. The van der Waals surface area contributed by atoms with Crippen molar-refractivity contribution < 1.29 is 13.2 Å². The SMILES string of the molecule is CCn1nc(C)c(S(=O)(=O)N2CCN(c3cc(N4CCOCC4)nc(C)n3)CC2)c1C. The third-order valence-corrected chi connectivity index (χ3v) is 8.07. The summed E-state index contributed by atoms with van der Waals surface area (Å²) < 4.78 is 35.4. The van der Waals surface area contributed by atoms with Crippen LogP contribution in [-0.2, 0) is 21.3 Å². The number of rotatable bonds is 5. The Morgan fingerprint density at radius 1 is 0.935 bits per heavy atom. The number of hydrogen-bond donors (Lipinski definition) is 0. The van der Waals surface area contributed by atoms with E-state index in [4.69, 9.17) is 4.74 Å². The Bertz CT molecular complexity index is 1040. The van der Waals surface area contributed by atoms with Crippen LogP contribution in [0.15, 0.2) is 11.0 Å². The zero-order valence-corrected chi connectivity index (χ0v) is 19.5. The van der Waals surface area contributed by atoms with Gasteiger partial charge in [0.25, 0.3) is 0 Å². The maximum atomic E-state index is 13.3. The van der Waals surface area contributed by atoms with E-state index in [1.54, 1.807) is 15.9 Å². The zero-order valence-electron chi connectivity index (χ0n) is 18.7. The summed E-state index contributed by atoms with van der Waals surface area (Å²) in [6, 6.07) is 2.00. The van der Waals surface area contributed by atoms with Crippen LogP contribution in [0.5, 0.6) is 0 Å². The van der Waals surface area contributed by atoms with Crippen molar-refractivity contribution in [2.75, 3.05) is 62.3 Å². The van der Waals surface area contributed by atoms with Crippen molar-refractivity contribution in [1.82, 2.24) is 24.1 Å². The van der Waals surface area contributed by atoms with E-state index in [1.165, 1.54) is 0 Å². The van der Waals surface area contributed by atoms with Gasteiger partial charge in [-0.25, -0.2) is 18.4 Å². The predicted molar refractivity (Wildman–Crippen MR) is 118 cm³/mol. The molecule has 2 fully saturated rings. The van der Waals surface area contributed by atoms with Crippen LogP contribution >= 0.6 is 0 Å². The van der Waals surface area contributed by atoms with Crippen LogP contribution in [0.1, 0.15) is 24.1 Å². The first-order chi connectivity index (χ1) is 14.8. The van der Waals surface area contributed by atoms with Crippen molar-refractivity contribution in [2.45, 2.75) is 39.1 Å². The summed E-state index contributed by atoms with van der Waals surface area (Å²) in [4.78, 5) is 13.9. The van der Waals surface area contributed by atoms with Gasteiger partial charge in [0.2, 0.25) is 10.0 Å². The lowest BCUT2D eigenvalue weighted by atomic mass is 10.3. The molecule has 0 aromatic carbocycles. The molecule has 0 aliphatic carbocycles. The summed E-state index contributed by atoms with van der Waals surface area (Å²) in [5.74, 6) is 2.46. The number of hydrogen-bond acceptors (Lipinski definition) is 8. The summed E-state index contributed by atoms with van der Waals surface area (Å²) in [5.41, 5.74) is 1.26. The topological polar surface area (TPSA) is 96.7 Å². The van der Waals surface area contributed by atoms with E-state index < -0.39 is 10.0 Å². The second-order valence-corrected chi connectivity index (χ2v) is 9.81. The fraction of sp³-hybridized carbons (Fsp3) is 0.650. The molecule has 2 aliphatic rings. The second-order valence-electron chi connectivity index (χ2n) is 7.94. The van der Waals surface area contributed by atoms with Crippen molar-refractivity contribution in [3.8, 4) is 0 Å². The monoisotopic (exact) mass is 449 g/mol. The molecule has 0 amide bonds. The highest BCUT2D eigenvalue weighted by Gasteiger charge is 2.33. The van der Waals surface area contributed by atoms with Crippen LogP contribution in [0.3, 0.4) is 0 Å². The number of aryl methyl sites for hydroxylation is 3. The number of nitrogens with zero attached hydrogens (tertiary/aromatic N) is 7. The molecular formula is C20H31N7O3S. The first-order valence-electron chi connectivity index (χ1n) is 10.8. The Kier molecular flexibility index (Phi) is 6.18. The van der Waals surface area contributed by atoms with Gasteiger partial charge in [-0.3, -0.25) is 4.68 Å². The molecule has 2 aromatic rings. The standard InChI is InChI=1S/C20H31N7O3S/c1-5-27-16(3)20(15(2)23-27)31(28,29)26-8-6-24(7-9-26)18-14-19(22-17(4)21-18)25-10-12-30-13-11-25/h14H,5-13H2,1-4H3. The molecule has 31 heavy (non-hydrogen) atoms. The van der Waals surface area contributed by atoms with Crippen LogP contribution < -0.4 is 9.80 Å². The maximum absolute atomic E-state index is 13.3. The van der Waals surface area contributed by atoms with E-state index in [9.17, 15) is 8.42 Å². The molecule has 0 saturated carbocycles. The van der Waals surface area contributed by atoms with E-state index in [2.05, 4.69) is 24.9 Å². The molecule has 4 heterocycles. The van der Waals surface area contributed by atoms with Crippen LogP contribution in [0, 0.1) is 20.8 Å². The molecule has 2 aromatic heterocycles. The van der Waals surface area contributed by atoms with E-state index in [-0.39, 0.29) is 0 Å². The Labute approximate surface area is 183 Å². The van der Waals surface area contributed by atoms with Gasteiger partial charge in [0.1, 0.15) is 22.4 Å². The highest BCUT2D eigenvalue weighted by molar-refractivity contribution is 7.89. The summed E-state index contributed by atoms with van der Waals surface area (Å²) in [5, 5.41) is 4.39. The number of ether oxygens (including phenoxy) is 1. The molecule has 0 radical (unpaired) electrons. The lowest BCUT2D eigenvalue weighted by Crippen LogP contribution is -2.49. The zero-order chi connectivity index (χ0) is 22.2. The summed E-state index contributed by atoms with van der Waals surface area (Å²) in [7, 11) is -3.58. The molecule has 0 N–H and O–H groups in total. The molecule has 11 heteroatoms. The van der Waals surface area contributed by atoms with E-state index >= 15 is 0 Å². The maximum Gasteiger partial charge on any atom is 0.246 e. The Hall–Kier alpha value is -2.24. The van der Waals surface area contributed by atoms with E-state index in [1.807, 2.05) is 26.8 Å². The smallest absolute Gasteiger partial charge is 0.246 e. The van der Waals surface area contributed by atoms with Crippen LogP contribution in [0.2, 0.25) is 0 Å². The fourth-order valence-corrected chi connectivity index (χ4v) is 6.10. The van der Waals surface area contributed by atoms with E-state index in [0.717, 1.165) is 24.7 Å². The van der Waals surface area contributed by atoms with Gasteiger partial charge in [-0.2, -0.15) is 9.40 Å². The number of anilines is 2. The Morgan fingerprint density at radius 3 is 2.06 bits per heavy atom. The van der Waals surface area contributed by atoms with Gasteiger partial charge in [-0.05, 0) is 27.7 Å². The first kappa shape index (κ1) is 22.0. The van der Waals surface area contributed by atoms with Gasteiger partial charge >= 0.3 is 0 Å². The molecule has 0 spiro atoms. The number of aromatic nitrogens is 4. The minimum atomic E-state index is -3.58. The third-order valence-electron chi connectivity index (χ3n) is 5.92. The Morgan fingerprint density at radius 2 is 1.52 bits per heavy atom. The molecule has 2 aliphatic heterocycles. The van der Waals surface area contributed by atoms with Gasteiger partial charge in [0.05, 0.1) is 24.6 Å². The highest BCUT2D eigenvalue weighted by atomic mass is 32.2. The largest absolute Gasteiger partial charge is 0.378 e. The van der Waals surface area contributed by atoms with Crippen LogP contribution in [0.4, 0.5) is 11.6 Å².